The van der Waals surface area contributed by atoms with Crippen LogP contribution in [0.2, 0.25) is 0 Å². The highest BCUT2D eigenvalue weighted by Gasteiger charge is 2.27. The first-order valence-corrected chi connectivity index (χ1v) is 6.80. The van der Waals surface area contributed by atoms with Crippen LogP contribution in [0.25, 0.3) is 0 Å². The fourth-order valence-corrected chi connectivity index (χ4v) is 2.15. The van der Waals surface area contributed by atoms with Crippen LogP contribution in [0.3, 0.4) is 0 Å². The molecule has 0 rings (SSSR count). The van der Waals surface area contributed by atoms with Gasteiger partial charge in [-0.15, -0.1) is 0 Å². The fourth-order valence-electron chi connectivity index (χ4n) is 0.924. The van der Waals surface area contributed by atoms with Gasteiger partial charge in [-0.05, 0) is 6.42 Å². The number of halogens is 3. The lowest BCUT2D eigenvalue weighted by molar-refractivity contribution is -0.172. The van der Waals surface area contributed by atoms with Crippen LogP contribution in [0.5, 0.6) is 0 Å². The van der Waals surface area contributed by atoms with Crippen LogP contribution in [0.4, 0.5) is 13.2 Å². The summed E-state index contributed by atoms with van der Waals surface area (Å²) in [5, 5.41) is 8.45. The molecule has 0 aliphatic rings. The Balaban J connectivity index is 3.92. The molecule has 0 aromatic rings. The van der Waals surface area contributed by atoms with Gasteiger partial charge in [-0.1, -0.05) is 0 Å². The molecule has 0 amide bonds. The summed E-state index contributed by atoms with van der Waals surface area (Å²) in [6.45, 7) is -1.93. The molecule has 2 atom stereocenters. The van der Waals surface area contributed by atoms with Gasteiger partial charge >= 0.3 is 12.1 Å². The largest absolute Gasteiger partial charge is 0.480 e. The summed E-state index contributed by atoms with van der Waals surface area (Å²) in [6.07, 6.45) is -4.63. The highest BCUT2D eigenvalue weighted by Crippen LogP contribution is 2.14. The molecular formula is C8H15F3N2O4S. The van der Waals surface area contributed by atoms with Crippen LogP contribution in [0.1, 0.15) is 6.42 Å². The number of nitrogens with one attached hydrogen (secondary N) is 1. The monoisotopic (exact) mass is 292 g/mol. The number of hydrogen-bond acceptors (Lipinski definition) is 5. The standard InChI is InChI=1S/C8H15F3N2O4S/c9-8(10,11)5-17-2-4-18(13,16)3-1-6(12)7(14)15/h6,13H,1-5,12H2,(H,14,15)/t6-,18?/m0/s1. The van der Waals surface area contributed by atoms with Crippen LogP contribution in [-0.4, -0.2) is 52.2 Å². The molecular weight excluding hydrogens is 277 g/mol. The Morgan fingerprint density at radius 2 is 2.00 bits per heavy atom. The SMILES string of the molecule is N=S(=O)(CCOCC(F)(F)F)CC[C@H](N)C(=O)O. The molecule has 0 saturated heterocycles. The van der Waals surface area contributed by atoms with Gasteiger partial charge < -0.3 is 15.6 Å². The van der Waals surface area contributed by atoms with E-state index in [4.69, 9.17) is 15.6 Å². The number of carbonyl (C=O) groups is 1. The maximum atomic E-state index is 11.7. The number of aliphatic carboxylic acids is 1. The molecule has 0 heterocycles. The molecule has 0 spiro atoms. The Kier molecular flexibility index (Phi) is 6.57. The fraction of sp³-hybridized carbons (Fsp3) is 0.875. The summed E-state index contributed by atoms with van der Waals surface area (Å²) in [7, 11) is -3.16. The zero-order valence-electron chi connectivity index (χ0n) is 9.40. The summed E-state index contributed by atoms with van der Waals surface area (Å²) in [5.74, 6) is -1.94. The van der Waals surface area contributed by atoms with E-state index < -0.39 is 41.1 Å². The first-order chi connectivity index (χ1) is 8.03. The molecule has 108 valence electrons. The molecule has 0 aromatic heterocycles. The van der Waals surface area contributed by atoms with E-state index in [2.05, 4.69) is 4.74 Å². The summed E-state index contributed by atoms with van der Waals surface area (Å²) >= 11 is 0. The Labute approximate surface area is 102 Å². The molecule has 1 unspecified atom stereocenters. The third-order valence-corrected chi connectivity index (χ3v) is 3.62. The quantitative estimate of drug-likeness (QED) is 0.561. The van der Waals surface area contributed by atoms with Crippen molar-refractivity contribution in [2.75, 3.05) is 24.7 Å². The number of carboxylic acid groups (broad SMARTS) is 1. The second-order valence-corrected chi connectivity index (χ2v) is 6.06. The minimum atomic E-state index is -4.46. The summed E-state index contributed by atoms with van der Waals surface area (Å²) in [6, 6.07) is -1.23. The van der Waals surface area contributed by atoms with Crippen LogP contribution >= 0.6 is 0 Å². The topological polar surface area (TPSA) is 113 Å². The van der Waals surface area contributed by atoms with Crippen molar-refractivity contribution < 1.29 is 32.0 Å². The number of alkyl halides is 3. The second kappa shape index (κ2) is 6.90. The van der Waals surface area contributed by atoms with Gasteiger partial charge in [0.2, 0.25) is 0 Å². The van der Waals surface area contributed by atoms with E-state index in [0.29, 0.717) is 0 Å². The third kappa shape index (κ3) is 9.19. The van der Waals surface area contributed by atoms with E-state index in [1.54, 1.807) is 0 Å². The summed E-state index contributed by atoms with van der Waals surface area (Å²) in [5.41, 5.74) is 5.15. The maximum absolute atomic E-state index is 11.7. The van der Waals surface area contributed by atoms with Crippen molar-refractivity contribution in [2.24, 2.45) is 5.73 Å². The van der Waals surface area contributed by atoms with Crippen LogP contribution in [0.15, 0.2) is 0 Å². The minimum absolute atomic E-state index is 0.170. The molecule has 0 fully saturated rings. The van der Waals surface area contributed by atoms with Crippen LogP contribution in [0, 0.1) is 4.78 Å². The lowest BCUT2D eigenvalue weighted by atomic mass is 10.2. The number of carboxylic acids is 1. The first-order valence-electron chi connectivity index (χ1n) is 4.90. The number of nitrogens with two attached hydrogens (primary N) is 1. The van der Waals surface area contributed by atoms with Gasteiger partial charge in [0.15, 0.2) is 0 Å². The van der Waals surface area contributed by atoms with E-state index in [-0.39, 0.29) is 17.9 Å². The zero-order valence-corrected chi connectivity index (χ0v) is 10.2. The van der Waals surface area contributed by atoms with Gasteiger partial charge in [0.1, 0.15) is 12.6 Å². The minimum Gasteiger partial charge on any atom is -0.480 e. The van der Waals surface area contributed by atoms with Crippen molar-refractivity contribution in [3.05, 3.63) is 0 Å². The Morgan fingerprint density at radius 3 is 2.44 bits per heavy atom. The molecule has 0 aromatic carbocycles. The zero-order chi connectivity index (χ0) is 14.4. The van der Waals surface area contributed by atoms with Crippen molar-refractivity contribution in [3.8, 4) is 0 Å². The van der Waals surface area contributed by atoms with Crippen molar-refractivity contribution in [3.63, 3.8) is 0 Å². The van der Waals surface area contributed by atoms with Crippen molar-refractivity contribution in [1.29, 1.82) is 4.78 Å². The Morgan fingerprint density at radius 1 is 1.44 bits per heavy atom. The summed E-state index contributed by atoms with van der Waals surface area (Å²) < 4.78 is 58.1. The van der Waals surface area contributed by atoms with E-state index in [1.165, 1.54) is 0 Å². The number of rotatable bonds is 8. The molecule has 0 aliphatic carbocycles. The van der Waals surface area contributed by atoms with Gasteiger partial charge in [-0.3, -0.25) is 9.57 Å². The summed E-state index contributed by atoms with van der Waals surface area (Å²) in [4.78, 5) is 10.4. The predicted octanol–water partition coefficient (Wildman–Crippen LogP) is 0.414. The predicted molar refractivity (Wildman–Crippen MR) is 57.7 cm³/mol. The van der Waals surface area contributed by atoms with Crippen LogP contribution < -0.4 is 5.73 Å². The van der Waals surface area contributed by atoms with E-state index in [9.17, 15) is 22.2 Å². The van der Waals surface area contributed by atoms with Crippen molar-refractivity contribution in [1.82, 2.24) is 0 Å². The lowest BCUT2D eigenvalue weighted by Crippen LogP contribution is -2.32. The smallest absolute Gasteiger partial charge is 0.411 e. The molecule has 0 saturated carbocycles. The molecule has 0 radical (unpaired) electrons. The van der Waals surface area contributed by atoms with Gasteiger partial charge in [-0.25, -0.2) is 4.21 Å². The second-order valence-electron chi connectivity index (χ2n) is 3.62. The highest BCUT2D eigenvalue weighted by atomic mass is 32.2. The van der Waals surface area contributed by atoms with E-state index >= 15 is 0 Å². The normalized spacial score (nSPS) is 17.1. The highest BCUT2D eigenvalue weighted by molar-refractivity contribution is 7.92. The number of hydrogen-bond donors (Lipinski definition) is 3. The molecule has 0 bridgehead atoms. The van der Waals surface area contributed by atoms with Crippen molar-refractivity contribution >= 4 is 15.7 Å². The Bertz CT molecular complexity index is 369. The van der Waals surface area contributed by atoms with E-state index in [1.807, 2.05) is 0 Å². The third-order valence-electron chi connectivity index (χ3n) is 1.90. The molecule has 0 aliphatic heterocycles. The van der Waals surface area contributed by atoms with Crippen molar-refractivity contribution in [2.45, 2.75) is 18.6 Å². The maximum Gasteiger partial charge on any atom is 0.411 e. The van der Waals surface area contributed by atoms with Gasteiger partial charge in [-0.2, -0.15) is 13.2 Å². The Hall–Kier alpha value is -0.870. The van der Waals surface area contributed by atoms with Gasteiger partial charge in [0, 0.05) is 15.5 Å². The van der Waals surface area contributed by atoms with Gasteiger partial charge in [0.05, 0.1) is 12.4 Å². The van der Waals surface area contributed by atoms with E-state index in [0.717, 1.165) is 0 Å². The molecule has 4 N–H and O–H groups in total. The average Bonchev–Trinajstić information content (AvgIpc) is 2.20. The molecule has 18 heavy (non-hydrogen) atoms. The molecule has 6 nitrogen and oxygen atoms in total. The van der Waals surface area contributed by atoms with Crippen LogP contribution in [-0.2, 0) is 19.3 Å². The lowest BCUT2D eigenvalue weighted by Gasteiger charge is -2.11. The van der Waals surface area contributed by atoms with Gasteiger partial charge in [0.25, 0.3) is 0 Å². The molecule has 10 heteroatoms. The number of ether oxygens (including phenoxy) is 1. The average molecular weight is 292 g/mol. The first kappa shape index (κ1) is 17.1.